The maximum absolute atomic E-state index is 11.9. The lowest BCUT2D eigenvalue weighted by Crippen LogP contribution is -2.44. The van der Waals surface area contributed by atoms with Crippen molar-refractivity contribution in [2.75, 3.05) is 24.7 Å². The molecule has 28 heavy (non-hydrogen) atoms. The van der Waals surface area contributed by atoms with Crippen molar-refractivity contribution in [3.63, 3.8) is 0 Å². The van der Waals surface area contributed by atoms with E-state index in [1.54, 1.807) is 12.4 Å². The quantitative estimate of drug-likeness (QED) is 0.666. The molecule has 10 nitrogen and oxygen atoms in total. The number of hydrogen-bond acceptors (Lipinski definition) is 8. The molecular weight excluding hydrogens is 380 g/mol. The summed E-state index contributed by atoms with van der Waals surface area (Å²) in [5.74, 6) is 0.466. The van der Waals surface area contributed by atoms with Crippen LogP contribution in [0.3, 0.4) is 0 Å². The number of nitrogens with one attached hydrogen (secondary N) is 2. The average molecular weight is 398 g/mol. The molecule has 4 heterocycles. The van der Waals surface area contributed by atoms with E-state index in [9.17, 15) is 8.42 Å². The summed E-state index contributed by atoms with van der Waals surface area (Å²) in [5, 5.41) is 12.5. The van der Waals surface area contributed by atoms with Gasteiger partial charge in [-0.1, -0.05) is 0 Å². The Balaban J connectivity index is 1.68. The fourth-order valence-electron chi connectivity index (χ4n) is 3.25. The Morgan fingerprint density at radius 1 is 1.32 bits per heavy atom. The van der Waals surface area contributed by atoms with Gasteiger partial charge in [0, 0.05) is 31.5 Å². The Hall–Kier alpha value is -3.10. The highest BCUT2D eigenvalue weighted by Gasteiger charge is 2.27. The maximum Gasteiger partial charge on any atom is 0.234 e. The lowest BCUT2D eigenvalue weighted by Gasteiger charge is -2.32. The Bertz CT molecular complexity index is 1170. The second-order valence-electron chi connectivity index (χ2n) is 6.64. The Labute approximate surface area is 161 Å². The van der Waals surface area contributed by atoms with Crippen molar-refractivity contribution < 1.29 is 8.42 Å². The number of hydrogen-bond donors (Lipinski definition) is 2. The van der Waals surface area contributed by atoms with Gasteiger partial charge in [-0.25, -0.2) is 32.7 Å². The Morgan fingerprint density at radius 3 is 2.96 bits per heavy atom. The highest BCUT2D eigenvalue weighted by atomic mass is 32.2. The van der Waals surface area contributed by atoms with Gasteiger partial charge in [0.25, 0.3) is 0 Å². The van der Waals surface area contributed by atoms with Crippen molar-refractivity contribution in [3.05, 3.63) is 30.5 Å². The number of nitriles is 1. The number of aromatic amines is 1. The first-order valence-corrected chi connectivity index (χ1v) is 10.6. The third kappa shape index (κ3) is 3.64. The summed E-state index contributed by atoms with van der Waals surface area (Å²) >= 11 is 0. The first-order valence-electron chi connectivity index (χ1n) is 8.73. The zero-order chi connectivity index (χ0) is 19.7. The van der Waals surface area contributed by atoms with Gasteiger partial charge in [-0.3, -0.25) is 0 Å². The van der Waals surface area contributed by atoms with Gasteiger partial charge in [0.05, 0.1) is 23.7 Å². The summed E-state index contributed by atoms with van der Waals surface area (Å²) in [7, 11) is -3.26. The van der Waals surface area contributed by atoms with E-state index in [0.29, 0.717) is 41.3 Å². The lowest BCUT2D eigenvalue weighted by molar-refractivity contribution is 0.329. The number of piperidine rings is 1. The van der Waals surface area contributed by atoms with Crippen LogP contribution >= 0.6 is 0 Å². The summed E-state index contributed by atoms with van der Waals surface area (Å²) in [5.41, 5.74) is 2.54. The smallest absolute Gasteiger partial charge is 0.234 e. The van der Waals surface area contributed by atoms with Crippen LogP contribution < -0.4 is 5.32 Å². The van der Waals surface area contributed by atoms with E-state index < -0.39 is 10.0 Å². The van der Waals surface area contributed by atoms with E-state index >= 15 is 0 Å². The van der Waals surface area contributed by atoms with E-state index in [1.165, 1.54) is 16.8 Å². The van der Waals surface area contributed by atoms with Crippen molar-refractivity contribution in [1.82, 2.24) is 29.2 Å². The molecule has 1 saturated heterocycles. The predicted molar refractivity (Wildman–Crippen MR) is 103 cm³/mol. The maximum atomic E-state index is 11.9. The predicted octanol–water partition coefficient (Wildman–Crippen LogP) is 1.12. The molecule has 11 heteroatoms. The number of aromatic nitrogens is 5. The minimum atomic E-state index is -3.26. The highest BCUT2D eigenvalue weighted by Crippen LogP contribution is 2.27. The van der Waals surface area contributed by atoms with E-state index in [2.05, 4.69) is 30.2 Å². The second-order valence-corrected chi connectivity index (χ2v) is 8.62. The molecule has 2 N–H and O–H groups in total. The SMILES string of the molecule is CS(=O)(=O)N1CCCC(Nc2nc(C#N)ncc2-c2cnc3[nH]ccc3n2)C1. The van der Waals surface area contributed by atoms with E-state index in [4.69, 9.17) is 5.26 Å². The fourth-order valence-corrected chi connectivity index (χ4v) is 4.16. The molecule has 3 aromatic heterocycles. The van der Waals surface area contributed by atoms with Crippen LogP contribution in [0.15, 0.2) is 24.7 Å². The Morgan fingerprint density at radius 2 is 2.18 bits per heavy atom. The molecular formula is C17H18N8O2S. The molecule has 1 unspecified atom stereocenters. The van der Waals surface area contributed by atoms with Crippen molar-refractivity contribution in [1.29, 1.82) is 5.26 Å². The molecule has 0 saturated carbocycles. The molecule has 1 atom stereocenters. The molecule has 0 amide bonds. The lowest BCUT2D eigenvalue weighted by atomic mass is 10.1. The van der Waals surface area contributed by atoms with Crippen LogP contribution in [-0.2, 0) is 10.0 Å². The molecule has 3 aromatic rings. The van der Waals surface area contributed by atoms with Crippen LogP contribution in [0.2, 0.25) is 0 Å². The zero-order valence-electron chi connectivity index (χ0n) is 15.1. The first-order chi connectivity index (χ1) is 13.4. The summed E-state index contributed by atoms with van der Waals surface area (Å²) in [6, 6.07) is 3.61. The van der Waals surface area contributed by atoms with Gasteiger partial charge in [0.15, 0.2) is 5.65 Å². The third-order valence-corrected chi connectivity index (χ3v) is 5.89. The van der Waals surface area contributed by atoms with Gasteiger partial charge < -0.3 is 10.3 Å². The van der Waals surface area contributed by atoms with Gasteiger partial charge >= 0.3 is 0 Å². The number of H-pyrrole nitrogens is 1. The molecule has 144 valence electrons. The summed E-state index contributed by atoms with van der Waals surface area (Å²) in [6.45, 7) is 0.847. The van der Waals surface area contributed by atoms with Crippen LogP contribution in [0.4, 0.5) is 5.82 Å². The molecule has 0 radical (unpaired) electrons. The van der Waals surface area contributed by atoms with E-state index in [0.717, 1.165) is 12.8 Å². The molecule has 0 spiro atoms. The van der Waals surface area contributed by atoms with Crippen molar-refractivity contribution in [2.45, 2.75) is 18.9 Å². The van der Waals surface area contributed by atoms with Crippen molar-refractivity contribution in [3.8, 4) is 17.3 Å². The molecule has 4 rings (SSSR count). The number of sulfonamides is 1. The molecule has 1 aliphatic heterocycles. The van der Waals surface area contributed by atoms with Gasteiger partial charge in [0.1, 0.15) is 17.4 Å². The molecule has 1 aliphatic rings. The zero-order valence-corrected chi connectivity index (χ0v) is 15.9. The van der Waals surface area contributed by atoms with Gasteiger partial charge in [-0.2, -0.15) is 5.26 Å². The van der Waals surface area contributed by atoms with Crippen LogP contribution in [0.25, 0.3) is 22.4 Å². The first kappa shape index (κ1) is 18.3. The van der Waals surface area contributed by atoms with E-state index in [1.807, 2.05) is 12.1 Å². The topological polar surface area (TPSA) is 141 Å². The summed E-state index contributed by atoms with van der Waals surface area (Å²) in [4.78, 5) is 20.2. The van der Waals surface area contributed by atoms with Crippen molar-refractivity contribution in [2.24, 2.45) is 0 Å². The van der Waals surface area contributed by atoms with E-state index in [-0.39, 0.29) is 11.9 Å². The van der Waals surface area contributed by atoms with Gasteiger partial charge in [-0.05, 0) is 18.9 Å². The minimum absolute atomic E-state index is 0.0257. The fraction of sp³-hybridized carbons (Fsp3) is 0.353. The monoisotopic (exact) mass is 398 g/mol. The van der Waals surface area contributed by atoms with Crippen LogP contribution in [0.1, 0.15) is 18.7 Å². The highest BCUT2D eigenvalue weighted by molar-refractivity contribution is 7.88. The molecule has 0 aliphatic carbocycles. The molecule has 1 fully saturated rings. The molecule has 0 bridgehead atoms. The number of fused-ring (bicyclic) bond motifs is 1. The summed E-state index contributed by atoms with van der Waals surface area (Å²) in [6.07, 6.45) is 7.64. The average Bonchev–Trinajstić information content (AvgIpc) is 3.15. The van der Waals surface area contributed by atoms with Gasteiger partial charge in [-0.15, -0.1) is 0 Å². The van der Waals surface area contributed by atoms with Crippen LogP contribution in [-0.4, -0.2) is 63.0 Å². The standard InChI is InChI=1S/C17H18N8O2S/c1-28(26,27)25-6-2-3-11(10-25)22-16-12(8-20-15(7-18)24-16)14-9-21-17-13(23-14)4-5-19-17/h4-5,8-9,11H,2-3,6,10H2,1H3,(H,19,21)(H,20,22,24). The van der Waals surface area contributed by atoms with Crippen LogP contribution in [0, 0.1) is 11.3 Å². The molecule has 0 aromatic carbocycles. The number of nitrogens with zero attached hydrogens (tertiary/aromatic N) is 6. The number of anilines is 1. The number of rotatable bonds is 4. The van der Waals surface area contributed by atoms with Crippen LogP contribution in [0.5, 0.6) is 0 Å². The third-order valence-electron chi connectivity index (χ3n) is 4.62. The summed E-state index contributed by atoms with van der Waals surface area (Å²) < 4.78 is 25.2. The Kier molecular flexibility index (Phi) is 4.66. The normalized spacial score (nSPS) is 18.1. The second kappa shape index (κ2) is 7.14. The van der Waals surface area contributed by atoms with Crippen molar-refractivity contribution >= 4 is 27.0 Å². The van der Waals surface area contributed by atoms with Gasteiger partial charge in [0.2, 0.25) is 15.8 Å². The largest absolute Gasteiger partial charge is 0.365 e. The minimum Gasteiger partial charge on any atom is -0.365 e.